The number of carboxylic acid groups (broad SMARTS) is 1. The number of alkyl carbamates (subject to hydrolysis) is 1. The number of fused-ring (bicyclic) bond motifs is 3. The van der Waals surface area contributed by atoms with Crippen LogP contribution in [0.15, 0.2) is 48.5 Å². The first-order chi connectivity index (χ1) is 16.4. The van der Waals surface area contributed by atoms with Crippen molar-refractivity contribution in [3.8, 4) is 11.1 Å². The summed E-state index contributed by atoms with van der Waals surface area (Å²) in [4.78, 5) is 38.8. The SMILES string of the molecule is CCC1CN(C(=O)C(CC(=O)O)NC(=O)OCC2c3ccccc3-c3ccccc32)CC(C)O1. The molecule has 2 aromatic carbocycles. The second kappa shape index (κ2) is 10.3. The van der Waals surface area contributed by atoms with Crippen molar-refractivity contribution in [3.05, 3.63) is 59.7 Å². The summed E-state index contributed by atoms with van der Waals surface area (Å²) < 4.78 is 11.3. The molecule has 34 heavy (non-hydrogen) atoms. The minimum absolute atomic E-state index is 0.0837. The van der Waals surface area contributed by atoms with Crippen molar-refractivity contribution in [2.75, 3.05) is 19.7 Å². The van der Waals surface area contributed by atoms with Gasteiger partial charge in [0.1, 0.15) is 12.6 Å². The van der Waals surface area contributed by atoms with E-state index in [2.05, 4.69) is 5.32 Å². The summed E-state index contributed by atoms with van der Waals surface area (Å²) in [5.41, 5.74) is 4.36. The van der Waals surface area contributed by atoms with Crippen molar-refractivity contribution < 1.29 is 29.0 Å². The first-order valence-electron chi connectivity index (χ1n) is 11.6. The molecule has 0 aromatic heterocycles. The molecule has 3 atom stereocenters. The summed E-state index contributed by atoms with van der Waals surface area (Å²) in [7, 11) is 0. The predicted molar refractivity (Wildman–Crippen MR) is 125 cm³/mol. The fourth-order valence-corrected chi connectivity index (χ4v) is 4.83. The first-order valence-corrected chi connectivity index (χ1v) is 11.6. The van der Waals surface area contributed by atoms with E-state index in [1.165, 1.54) is 0 Å². The lowest BCUT2D eigenvalue weighted by Gasteiger charge is -2.38. The van der Waals surface area contributed by atoms with Crippen molar-refractivity contribution in [2.24, 2.45) is 0 Å². The van der Waals surface area contributed by atoms with E-state index in [-0.39, 0.29) is 24.7 Å². The molecule has 1 fully saturated rings. The topological polar surface area (TPSA) is 105 Å². The molecule has 8 heteroatoms. The van der Waals surface area contributed by atoms with Crippen molar-refractivity contribution in [1.82, 2.24) is 10.2 Å². The van der Waals surface area contributed by atoms with Crippen LogP contribution in [-0.2, 0) is 19.1 Å². The maximum atomic E-state index is 13.1. The molecule has 4 rings (SSSR count). The van der Waals surface area contributed by atoms with Crippen molar-refractivity contribution in [3.63, 3.8) is 0 Å². The van der Waals surface area contributed by atoms with Gasteiger partial charge in [-0.15, -0.1) is 0 Å². The molecule has 0 bridgehead atoms. The lowest BCUT2D eigenvalue weighted by atomic mass is 9.98. The van der Waals surface area contributed by atoms with Crippen LogP contribution in [0.25, 0.3) is 11.1 Å². The zero-order chi connectivity index (χ0) is 24.2. The monoisotopic (exact) mass is 466 g/mol. The molecule has 2 amide bonds. The van der Waals surface area contributed by atoms with Crippen LogP contribution in [0.5, 0.6) is 0 Å². The molecular formula is C26H30N2O6. The molecule has 0 radical (unpaired) electrons. The lowest BCUT2D eigenvalue weighted by Crippen LogP contribution is -2.56. The minimum atomic E-state index is -1.21. The van der Waals surface area contributed by atoms with Gasteiger partial charge < -0.3 is 24.8 Å². The second-order valence-corrected chi connectivity index (χ2v) is 8.84. The highest BCUT2D eigenvalue weighted by molar-refractivity contribution is 5.89. The van der Waals surface area contributed by atoms with Gasteiger partial charge in [0.25, 0.3) is 0 Å². The van der Waals surface area contributed by atoms with Crippen molar-refractivity contribution in [1.29, 1.82) is 0 Å². The lowest BCUT2D eigenvalue weighted by molar-refractivity contribution is -0.150. The highest BCUT2D eigenvalue weighted by Crippen LogP contribution is 2.44. The number of benzene rings is 2. The maximum absolute atomic E-state index is 13.1. The van der Waals surface area contributed by atoms with Crippen molar-refractivity contribution >= 4 is 18.0 Å². The van der Waals surface area contributed by atoms with Crippen LogP contribution in [0.2, 0.25) is 0 Å². The highest BCUT2D eigenvalue weighted by atomic mass is 16.5. The number of morpholine rings is 1. The number of nitrogens with one attached hydrogen (secondary N) is 1. The maximum Gasteiger partial charge on any atom is 0.407 e. The van der Waals surface area contributed by atoms with Crippen LogP contribution in [0, 0.1) is 0 Å². The Bertz CT molecular complexity index is 1030. The molecule has 180 valence electrons. The number of aliphatic carboxylic acids is 1. The third kappa shape index (κ3) is 5.07. The number of hydrogen-bond donors (Lipinski definition) is 2. The molecule has 2 aliphatic rings. The summed E-state index contributed by atoms with van der Waals surface area (Å²) in [6, 6.07) is 14.8. The van der Waals surface area contributed by atoms with Gasteiger partial charge in [-0.3, -0.25) is 9.59 Å². The third-order valence-corrected chi connectivity index (χ3v) is 6.41. The van der Waals surface area contributed by atoms with Gasteiger partial charge in [-0.05, 0) is 35.6 Å². The fraction of sp³-hybridized carbons (Fsp3) is 0.423. The van der Waals surface area contributed by atoms with Gasteiger partial charge in [0.15, 0.2) is 0 Å². The van der Waals surface area contributed by atoms with Gasteiger partial charge in [0.05, 0.1) is 18.6 Å². The van der Waals surface area contributed by atoms with E-state index in [1.54, 1.807) is 4.90 Å². The average molecular weight is 467 g/mol. The van der Waals surface area contributed by atoms with E-state index in [1.807, 2.05) is 62.4 Å². The summed E-state index contributed by atoms with van der Waals surface area (Å²) in [6.07, 6.45) is -0.881. The van der Waals surface area contributed by atoms with Crippen LogP contribution < -0.4 is 5.32 Å². The molecule has 1 heterocycles. The highest BCUT2D eigenvalue weighted by Gasteiger charge is 2.34. The predicted octanol–water partition coefficient (Wildman–Crippen LogP) is 3.39. The molecule has 0 saturated carbocycles. The Morgan fingerprint density at radius 1 is 1.09 bits per heavy atom. The molecule has 0 spiro atoms. The van der Waals surface area contributed by atoms with E-state index in [0.29, 0.717) is 13.1 Å². The van der Waals surface area contributed by atoms with E-state index in [4.69, 9.17) is 9.47 Å². The minimum Gasteiger partial charge on any atom is -0.481 e. The number of nitrogens with zero attached hydrogens (tertiary/aromatic N) is 1. The average Bonchev–Trinajstić information content (AvgIpc) is 3.15. The first kappa shape index (κ1) is 23.8. The number of carbonyl (C=O) groups is 3. The van der Waals surface area contributed by atoms with Crippen LogP contribution in [0.3, 0.4) is 0 Å². The number of amides is 2. The summed E-state index contributed by atoms with van der Waals surface area (Å²) >= 11 is 0. The van der Waals surface area contributed by atoms with E-state index >= 15 is 0 Å². The zero-order valence-corrected chi connectivity index (χ0v) is 19.4. The van der Waals surface area contributed by atoms with Gasteiger partial charge in [-0.1, -0.05) is 55.5 Å². The number of carboxylic acids is 1. The van der Waals surface area contributed by atoms with Gasteiger partial charge >= 0.3 is 12.1 Å². The second-order valence-electron chi connectivity index (χ2n) is 8.84. The molecular weight excluding hydrogens is 436 g/mol. The van der Waals surface area contributed by atoms with Crippen LogP contribution >= 0.6 is 0 Å². The number of ether oxygens (including phenoxy) is 2. The Morgan fingerprint density at radius 2 is 1.71 bits per heavy atom. The molecule has 3 unspecified atom stereocenters. The number of rotatable bonds is 7. The van der Waals surface area contributed by atoms with E-state index in [0.717, 1.165) is 28.7 Å². The summed E-state index contributed by atoms with van der Waals surface area (Å²) in [5.74, 6) is -1.74. The standard InChI is InChI=1S/C26H30N2O6/c1-3-17-14-28(13-16(2)34-17)25(31)23(12-24(29)30)27-26(32)33-15-22-20-10-6-4-8-18(20)19-9-5-7-11-21(19)22/h4-11,16-17,22-23H,3,12-15H2,1-2H3,(H,27,32)(H,29,30). The van der Waals surface area contributed by atoms with Crippen LogP contribution in [-0.4, -0.2) is 65.9 Å². The van der Waals surface area contributed by atoms with E-state index in [9.17, 15) is 19.5 Å². The van der Waals surface area contributed by atoms with Gasteiger partial charge in [0.2, 0.25) is 5.91 Å². The molecule has 2 N–H and O–H groups in total. The van der Waals surface area contributed by atoms with Crippen molar-refractivity contribution in [2.45, 2.75) is 50.9 Å². The molecule has 1 aliphatic heterocycles. The molecule has 2 aromatic rings. The number of carbonyl (C=O) groups excluding carboxylic acids is 2. The quantitative estimate of drug-likeness (QED) is 0.648. The smallest absolute Gasteiger partial charge is 0.407 e. The van der Waals surface area contributed by atoms with E-state index < -0.39 is 30.4 Å². The van der Waals surface area contributed by atoms with Crippen LogP contribution in [0.1, 0.15) is 43.7 Å². The molecule has 8 nitrogen and oxygen atoms in total. The molecule has 1 saturated heterocycles. The zero-order valence-electron chi connectivity index (χ0n) is 19.4. The number of hydrogen-bond acceptors (Lipinski definition) is 5. The summed E-state index contributed by atoms with van der Waals surface area (Å²) in [5, 5.41) is 11.8. The van der Waals surface area contributed by atoms with Gasteiger partial charge in [-0.25, -0.2) is 4.79 Å². The normalized spacial score (nSPS) is 20.2. The van der Waals surface area contributed by atoms with Gasteiger partial charge in [-0.2, -0.15) is 0 Å². The Labute approximate surface area is 198 Å². The fourth-order valence-electron chi connectivity index (χ4n) is 4.83. The Balaban J connectivity index is 1.43. The Morgan fingerprint density at radius 3 is 2.29 bits per heavy atom. The molecule has 1 aliphatic carbocycles. The Kier molecular flexibility index (Phi) is 7.17. The van der Waals surface area contributed by atoms with Crippen LogP contribution in [0.4, 0.5) is 4.79 Å². The Hall–Kier alpha value is -3.39. The largest absolute Gasteiger partial charge is 0.481 e. The third-order valence-electron chi connectivity index (χ3n) is 6.41. The van der Waals surface area contributed by atoms with Gasteiger partial charge in [0, 0.05) is 19.0 Å². The summed E-state index contributed by atoms with van der Waals surface area (Å²) in [6.45, 7) is 4.63.